The molecule has 20 heavy (non-hydrogen) atoms. The Morgan fingerprint density at radius 1 is 1.15 bits per heavy atom. The molecule has 0 radical (unpaired) electrons. The van der Waals surface area contributed by atoms with E-state index in [0.29, 0.717) is 12.2 Å². The van der Waals surface area contributed by atoms with Crippen molar-refractivity contribution in [2.24, 2.45) is 5.73 Å². The van der Waals surface area contributed by atoms with Crippen LogP contribution >= 0.6 is 0 Å². The Kier molecular flexibility index (Phi) is 4.43. The lowest BCUT2D eigenvalue weighted by atomic mass is 10.2. The minimum Gasteiger partial charge on any atom is -0.326 e. The molecule has 0 saturated carbocycles. The molecule has 0 aliphatic carbocycles. The average Bonchev–Trinajstić information content (AvgIpc) is 2.47. The summed E-state index contributed by atoms with van der Waals surface area (Å²) in [5.74, 6) is 0. The molecule has 2 rings (SSSR count). The summed E-state index contributed by atoms with van der Waals surface area (Å²) in [4.78, 5) is 8.36. The largest absolute Gasteiger partial charge is 0.326 e. The maximum atomic E-state index is 12.1. The van der Waals surface area contributed by atoms with Crippen molar-refractivity contribution in [1.82, 2.24) is 14.7 Å². The number of aromatic nitrogens is 2. The van der Waals surface area contributed by atoms with Crippen molar-refractivity contribution in [1.29, 1.82) is 0 Å². The molecule has 0 amide bonds. The van der Waals surface area contributed by atoms with Gasteiger partial charge in [0.05, 0.1) is 29.0 Å². The van der Waals surface area contributed by atoms with Gasteiger partial charge in [0.2, 0.25) is 10.0 Å². The summed E-state index contributed by atoms with van der Waals surface area (Å²) < 4.78 is 26.7. The Balaban J connectivity index is 2.08. The SMILES string of the molecule is Cc1cnc(CNS(=O)(=O)c2ccc(CN)cc2)cn1. The van der Waals surface area contributed by atoms with Crippen LogP contribution in [0.25, 0.3) is 0 Å². The van der Waals surface area contributed by atoms with Gasteiger partial charge in [-0.3, -0.25) is 9.97 Å². The third-order valence-electron chi connectivity index (χ3n) is 2.75. The van der Waals surface area contributed by atoms with Gasteiger partial charge in [0.1, 0.15) is 0 Å². The van der Waals surface area contributed by atoms with Crippen molar-refractivity contribution in [3.8, 4) is 0 Å². The number of benzene rings is 1. The molecule has 0 aliphatic rings. The summed E-state index contributed by atoms with van der Waals surface area (Å²) in [6.45, 7) is 2.31. The lowest BCUT2D eigenvalue weighted by Gasteiger charge is -2.07. The first-order chi connectivity index (χ1) is 9.51. The molecule has 0 atom stereocenters. The molecule has 1 heterocycles. The van der Waals surface area contributed by atoms with E-state index in [2.05, 4.69) is 14.7 Å². The number of nitrogens with two attached hydrogens (primary N) is 1. The third kappa shape index (κ3) is 3.60. The molecule has 0 saturated heterocycles. The van der Waals surface area contributed by atoms with Crippen molar-refractivity contribution < 1.29 is 8.42 Å². The van der Waals surface area contributed by atoms with Gasteiger partial charge in [-0.15, -0.1) is 0 Å². The molecule has 0 aliphatic heterocycles. The maximum absolute atomic E-state index is 12.1. The van der Waals surface area contributed by atoms with Gasteiger partial charge < -0.3 is 5.73 Å². The molecule has 0 fully saturated rings. The second-order valence-corrected chi connectivity index (χ2v) is 6.09. The topological polar surface area (TPSA) is 98.0 Å². The number of aryl methyl sites for hydroxylation is 1. The van der Waals surface area contributed by atoms with Gasteiger partial charge in [-0.25, -0.2) is 13.1 Å². The molecule has 0 unspecified atom stereocenters. The normalized spacial score (nSPS) is 11.5. The first-order valence-electron chi connectivity index (χ1n) is 6.07. The Morgan fingerprint density at radius 2 is 1.85 bits per heavy atom. The number of hydrogen-bond acceptors (Lipinski definition) is 5. The van der Waals surface area contributed by atoms with Crippen LogP contribution in [0.4, 0.5) is 0 Å². The highest BCUT2D eigenvalue weighted by molar-refractivity contribution is 7.89. The molecular formula is C13H16N4O2S. The molecule has 2 aromatic rings. The third-order valence-corrected chi connectivity index (χ3v) is 4.16. The monoisotopic (exact) mass is 292 g/mol. The fraction of sp³-hybridized carbons (Fsp3) is 0.231. The van der Waals surface area contributed by atoms with Crippen LogP contribution in [0.2, 0.25) is 0 Å². The van der Waals surface area contributed by atoms with E-state index in [1.807, 2.05) is 6.92 Å². The number of nitrogens with zero attached hydrogens (tertiary/aromatic N) is 2. The average molecular weight is 292 g/mol. The van der Waals surface area contributed by atoms with Crippen LogP contribution in [-0.4, -0.2) is 18.4 Å². The Labute approximate surface area is 118 Å². The zero-order valence-corrected chi connectivity index (χ0v) is 11.9. The van der Waals surface area contributed by atoms with E-state index in [1.165, 1.54) is 12.1 Å². The standard InChI is InChI=1S/C13H16N4O2S/c1-10-7-16-12(8-15-10)9-17-20(18,19)13-4-2-11(6-14)3-5-13/h2-5,7-8,17H,6,9,14H2,1H3. The minimum absolute atomic E-state index is 0.105. The van der Waals surface area contributed by atoms with Crippen molar-refractivity contribution in [3.63, 3.8) is 0 Å². The van der Waals surface area contributed by atoms with Crippen LogP contribution in [0.1, 0.15) is 17.0 Å². The Hall–Kier alpha value is -1.83. The van der Waals surface area contributed by atoms with Gasteiger partial charge in [0.15, 0.2) is 0 Å². The molecule has 3 N–H and O–H groups in total. The highest BCUT2D eigenvalue weighted by Gasteiger charge is 2.13. The van der Waals surface area contributed by atoms with Crippen LogP contribution in [0.5, 0.6) is 0 Å². The predicted molar refractivity (Wildman–Crippen MR) is 75.1 cm³/mol. The molecule has 1 aromatic heterocycles. The first-order valence-corrected chi connectivity index (χ1v) is 7.56. The molecule has 7 heteroatoms. The quantitative estimate of drug-likeness (QED) is 0.846. The first kappa shape index (κ1) is 14.6. The lowest BCUT2D eigenvalue weighted by Crippen LogP contribution is -2.23. The number of sulfonamides is 1. The number of nitrogens with one attached hydrogen (secondary N) is 1. The zero-order valence-electron chi connectivity index (χ0n) is 11.1. The van der Waals surface area contributed by atoms with E-state index in [0.717, 1.165) is 11.3 Å². The fourth-order valence-electron chi connectivity index (χ4n) is 1.57. The van der Waals surface area contributed by atoms with Crippen LogP contribution in [0.15, 0.2) is 41.6 Å². The number of hydrogen-bond donors (Lipinski definition) is 2. The highest BCUT2D eigenvalue weighted by Crippen LogP contribution is 2.10. The highest BCUT2D eigenvalue weighted by atomic mass is 32.2. The van der Waals surface area contributed by atoms with E-state index in [9.17, 15) is 8.42 Å². The van der Waals surface area contributed by atoms with Gasteiger partial charge in [-0.05, 0) is 24.6 Å². The summed E-state index contributed by atoms with van der Waals surface area (Å²) in [5.41, 5.74) is 7.71. The second-order valence-electron chi connectivity index (χ2n) is 4.32. The summed E-state index contributed by atoms with van der Waals surface area (Å²) in [5, 5.41) is 0. The molecule has 6 nitrogen and oxygen atoms in total. The van der Waals surface area contributed by atoms with E-state index < -0.39 is 10.0 Å². The summed E-state index contributed by atoms with van der Waals surface area (Å²) >= 11 is 0. The molecule has 0 spiro atoms. The van der Waals surface area contributed by atoms with Crippen molar-refractivity contribution in [2.75, 3.05) is 0 Å². The van der Waals surface area contributed by atoms with E-state index in [1.54, 1.807) is 24.5 Å². The predicted octanol–water partition coefficient (Wildman–Crippen LogP) is 0.722. The minimum atomic E-state index is -3.55. The van der Waals surface area contributed by atoms with Crippen LogP contribution in [0, 0.1) is 6.92 Å². The summed E-state index contributed by atoms with van der Waals surface area (Å²) in [6, 6.07) is 6.46. The molecular weight excluding hydrogens is 276 g/mol. The van der Waals surface area contributed by atoms with Crippen LogP contribution in [0.3, 0.4) is 0 Å². The molecule has 1 aromatic carbocycles. The zero-order chi connectivity index (χ0) is 14.6. The Bertz CT molecular complexity index is 667. The number of rotatable bonds is 5. The van der Waals surface area contributed by atoms with E-state index in [-0.39, 0.29) is 11.4 Å². The van der Waals surface area contributed by atoms with Gasteiger partial charge in [0, 0.05) is 12.7 Å². The lowest BCUT2D eigenvalue weighted by molar-refractivity contribution is 0.580. The van der Waals surface area contributed by atoms with Crippen molar-refractivity contribution >= 4 is 10.0 Å². The smallest absolute Gasteiger partial charge is 0.240 e. The van der Waals surface area contributed by atoms with Gasteiger partial charge >= 0.3 is 0 Å². The van der Waals surface area contributed by atoms with Crippen molar-refractivity contribution in [2.45, 2.75) is 24.9 Å². The van der Waals surface area contributed by atoms with Gasteiger partial charge in [0.25, 0.3) is 0 Å². The van der Waals surface area contributed by atoms with Crippen molar-refractivity contribution in [3.05, 3.63) is 53.6 Å². The maximum Gasteiger partial charge on any atom is 0.240 e. The van der Waals surface area contributed by atoms with Crippen LogP contribution < -0.4 is 10.5 Å². The second kappa shape index (κ2) is 6.08. The fourth-order valence-corrected chi connectivity index (χ4v) is 2.57. The summed E-state index contributed by atoms with van der Waals surface area (Å²) in [7, 11) is -3.55. The Morgan fingerprint density at radius 3 is 2.40 bits per heavy atom. The van der Waals surface area contributed by atoms with Crippen LogP contribution in [-0.2, 0) is 23.1 Å². The van der Waals surface area contributed by atoms with E-state index in [4.69, 9.17) is 5.73 Å². The molecule has 106 valence electrons. The van der Waals surface area contributed by atoms with Gasteiger partial charge in [-0.2, -0.15) is 0 Å². The summed E-state index contributed by atoms with van der Waals surface area (Å²) in [6.07, 6.45) is 3.15. The van der Waals surface area contributed by atoms with E-state index >= 15 is 0 Å². The molecule has 0 bridgehead atoms. The van der Waals surface area contributed by atoms with Gasteiger partial charge in [-0.1, -0.05) is 12.1 Å².